The van der Waals surface area contributed by atoms with Gasteiger partial charge in [0.05, 0.1) is 5.69 Å². The van der Waals surface area contributed by atoms with Crippen LogP contribution >= 0.6 is 0 Å². The van der Waals surface area contributed by atoms with Gasteiger partial charge in [-0.3, -0.25) is 5.10 Å². The SMILES string of the molecule is CC(C)CN1CCC(c2[nH]nc3nccnc23)C1. The van der Waals surface area contributed by atoms with Crippen LogP contribution in [0.5, 0.6) is 0 Å². The first kappa shape index (κ1) is 11.6. The largest absolute Gasteiger partial charge is 0.302 e. The molecule has 1 saturated heterocycles. The Labute approximate surface area is 107 Å². The van der Waals surface area contributed by atoms with Crippen LogP contribution in [0.2, 0.25) is 0 Å². The van der Waals surface area contributed by atoms with Crippen LogP contribution in [0.1, 0.15) is 31.9 Å². The molecular formula is C13H19N5. The van der Waals surface area contributed by atoms with E-state index < -0.39 is 0 Å². The third-order valence-corrected chi connectivity index (χ3v) is 3.52. The summed E-state index contributed by atoms with van der Waals surface area (Å²) in [6, 6.07) is 0. The number of aromatic amines is 1. The molecule has 0 radical (unpaired) electrons. The molecule has 0 bridgehead atoms. The number of rotatable bonds is 3. The Balaban J connectivity index is 1.80. The molecule has 1 fully saturated rings. The second-order valence-electron chi connectivity index (χ2n) is 5.50. The van der Waals surface area contributed by atoms with E-state index in [-0.39, 0.29) is 0 Å². The van der Waals surface area contributed by atoms with Gasteiger partial charge in [-0.15, -0.1) is 0 Å². The molecule has 5 nitrogen and oxygen atoms in total. The quantitative estimate of drug-likeness (QED) is 0.895. The molecular weight excluding hydrogens is 226 g/mol. The Bertz CT molecular complexity index is 533. The molecule has 0 spiro atoms. The molecule has 1 N–H and O–H groups in total. The van der Waals surface area contributed by atoms with E-state index in [1.54, 1.807) is 12.4 Å². The van der Waals surface area contributed by atoms with E-state index in [0.29, 0.717) is 5.92 Å². The molecule has 1 atom stereocenters. The van der Waals surface area contributed by atoms with E-state index in [1.807, 2.05) is 0 Å². The first-order valence-electron chi connectivity index (χ1n) is 6.61. The fraction of sp³-hybridized carbons (Fsp3) is 0.615. The third kappa shape index (κ3) is 2.10. The second kappa shape index (κ2) is 4.65. The third-order valence-electron chi connectivity index (χ3n) is 3.52. The number of nitrogens with one attached hydrogen (secondary N) is 1. The van der Waals surface area contributed by atoms with Gasteiger partial charge in [0.15, 0.2) is 5.65 Å². The maximum atomic E-state index is 4.40. The van der Waals surface area contributed by atoms with Crippen molar-refractivity contribution in [3.63, 3.8) is 0 Å². The number of H-pyrrole nitrogens is 1. The highest BCUT2D eigenvalue weighted by Crippen LogP contribution is 2.29. The highest BCUT2D eigenvalue weighted by atomic mass is 15.2. The number of aromatic nitrogens is 4. The number of hydrogen-bond acceptors (Lipinski definition) is 4. The van der Waals surface area contributed by atoms with Crippen LogP contribution in [0.15, 0.2) is 12.4 Å². The summed E-state index contributed by atoms with van der Waals surface area (Å²) in [5.74, 6) is 1.24. The summed E-state index contributed by atoms with van der Waals surface area (Å²) in [5.41, 5.74) is 2.83. The minimum Gasteiger partial charge on any atom is -0.302 e. The van der Waals surface area contributed by atoms with E-state index in [1.165, 1.54) is 19.5 Å². The zero-order valence-corrected chi connectivity index (χ0v) is 10.9. The van der Waals surface area contributed by atoms with Crippen molar-refractivity contribution in [1.29, 1.82) is 0 Å². The Morgan fingerprint density at radius 3 is 3.06 bits per heavy atom. The molecule has 1 aliphatic heterocycles. The van der Waals surface area contributed by atoms with Crippen LogP contribution in [-0.2, 0) is 0 Å². The molecule has 5 heteroatoms. The van der Waals surface area contributed by atoms with Crippen LogP contribution < -0.4 is 0 Å². The van der Waals surface area contributed by atoms with Crippen LogP contribution in [0, 0.1) is 5.92 Å². The lowest BCUT2D eigenvalue weighted by atomic mass is 10.0. The minimum atomic E-state index is 0.519. The average Bonchev–Trinajstić information content (AvgIpc) is 2.94. The average molecular weight is 245 g/mol. The lowest BCUT2D eigenvalue weighted by Gasteiger charge is -2.17. The molecule has 96 valence electrons. The molecule has 18 heavy (non-hydrogen) atoms. The molecule has 0 saturated carbocycles. The first-order valence-corrected chi connectivity index (χ1v) is 6.61. The standard InChI is InChI=1S/C13H19N5/c1-9(2)7-18-6-3-10(8-18)11-12-13(17-16-11)15-5-4-14-12/h4-5,9-10H,3,6-8H2,1-2H3,(H,15,16,17). The summed E-state index contributed by atoms with van der Waals surface area (Å²) in [5, 5.41) is 7.36. The van der Waals surface area contributed by atoms with Gasteiger partial charge in [0.2, 0.25) is 0 Å². The van der Waals surface area contributed by atoms with Crippen molar-refractivity contribution in [3.8, 4) is 0 Å². The summed E-state index contributed by atoms with van der Waals surface area (Å²) in [7, 11) is 0. The zero-order valence-electron chi connectivity index (χ0n) is 10.9. The molecule has 2 aromatic rings. The van der Waals surface area contributed by atoms with Gasteiger partial charge in [-0.25, -0.2) is 9.97 Å². The lowest BCUT2D eigenvalue weighted by molar-refractivity contribution is 0.294. The minimum absolute atomic E-state index is 0.519. The van der Waals surface area contributed by atoms with E-state index >= 15 is 0 Å². The van der Waals surface area contributed by atoms with Crippen LogP contribution in [-0.4, -0.2) is 44.7 Å². The summed E-state index contributed by atoms with van der Waals surface area (Å²) in [6.07, 6.45) is 4.61. The fourth-order valence-corrected chi connectivity index (χ4v) is 2.80. The van der Waals surface area contributed by atoms with Gasteiger partial charge in [0, 0.05) is 31.4 Å². The molecule has 1 unspecified atom stereocenters. The van der Waals surface area contributed by atoms with Crippen molar-refractivity contribution in [2.75, 3.05) is 19.6 Å². The van der Waals surface area contributed by atoms with Crippen molar-refractivity contribution < 1.29 is 0 Å². The van der Waals surface area contributed by atoms with Crippen LogP contribution in [0.4, 0.5) is 0 Å². The molecule has 3 heterocycles. The molecule has 3 rings (SSSR count). The number of likely N-dealkylation sites (tertiary alicyclic amines) is 1. The maximum absolute atomic E-state index is 4.40. The predicted molar refractivity (Wildman–Crippen MR) is 70.3 cm³/mol. The smallest absolute Gasteiger partial charge is 0.199 e. The van der Waals surface area contributed by atoms with E-state index in [4.69, 9.17) is 0 Å². The first-order chi connectivity index (χ1) is 8.74. The Morgan fingerprint density at radius 2 is 2.22 bits per heavy atom. The Kier molecular flexibility index (Phi) is 2.99. The predicted octanol–water partition coefficient (Wildman–Crippen LogP) is 1.80. The van der Waals surface area contributed by atoms with Crippen molar-refractivity contribution in [2.24, 2.45) is 5.92 Å². The summed E-state index contributed by atoms with van der Waals surface area (Å²) in [4.78, 5) is 11.1. The molecule has 0 aliphatic carbocycles. The van der Waals surface area contributed by atoms with Gasteiger partial charge in [0.1, 0.15) is 5.52 Å². The van der Waals surface area contributed by atoms with E-state index in [0.717, 1.165) is 29.3 Å². The van der Waals surface area contributed by atoms with Gasteiger partial charge in [-0.2, -0.15) is 5.10 Å². The summed E-state index contributed by atoms with van der Waals surface area (Å²) < 4.78 is 0. The maximum Gasteiger partial charge on any atom is 0.199 e. The van der Waals surface area contributed by atoms with Gasteiger partial charge in [-0.05, 0) is 18.9 Å². The van der Waals surface area contributed by atoms with Crippen molar-refractivity contribution in [2.45, 2.75) is 26.2 Å². The highest BCUT2D eigenvalue weighted by Gasteiger charge is 2.27. The Morgan fingerprint density at radius 1 is 1.39 bits per heavy atom. The van der Waals surface area contributed by atoms with Crippen molar-refractivity contribution >= 4 is 11.2 Å². The van der Waals surface area contributed by atoms with Gasteiger partial charge >= 0.3 is 0 Å². The molecule has 0 amide bonds. The van der Waals surface area contributed by atoms with Crippen molar-refractivity contribution in [1.82, 2.24) is 25.1 Å². The molecule has 2 aromatic heterocycles. The van der Waals surface area contributed by atoms with Gasteiger partial charge in [0.25, 0.3) is 0 Å². The molecule has 0 aromatic carbocycles. The number of nitrogens with zero attached hydrogens (tertiary/aromatic N) is 4. The Hall–Kier alpha value is -1.49. The second-order valence-corrected chi connectivity index (χ2v) is 5.50. The summed E-state index contributed by atoms with van der Waals surface area (Å²) >= 11 is 0. The fourth-order valence-electron chi connectivity index (χ4n) is 2.80. The van der Waals surface area contributed by atoms with Gasteiger partial charge in [-0.1, -0.05) is 13.8 Å². The molecule has 1 aliphatic rings. The lowest BCUT2D eigenvalue weighted by Crippen LogP contribution is -2.25. The van der Waals surface area contributed by atoms with Crippen molar-refractivity contribution in [3.05, 3.63) is 18.1 Å². The summed E-state index contributed by atoms with van der Waals surface area (Å²) in [6.45, 7) is 7.98. The van der Waals surface area contributed by atoms with Crippen LogP contribution in [0.3, 0.4) is 0 Å². The van der Waals surface area contributed by atoms with E-state index in [2.05, 4.69) is 38.9 Å². The zero-order chi connectivity index (χ0) is 12.5. The van der Waals surface area contributed by atoms with Gasteiger partial charge < -0.3 is 4.90 Å². The topological polar surface area (TPSA) is 57.7 Å². The highest BCUT2D eigenvalue weighted by molar-refractivity contribution is 5.72. The van der Waals surface area contributed by atoms with E-state index in [9.17, 15) is 0 Å². The number of fused-ring (bicyclic) bond motifs is 1. The number of hydrogen-bond donors (Lipinski definition) is 1. The normalized spacial score (nSPS) is 21.2. The monoisotopic (exact) mass is 245 g/mol. The van der Waals surface area contributed by atoms with Crippen LogP contribution in [0.25, 0.3) is 11.2 Å².